The van der Waals surface area contributed by atoms with E-state index in [0.29, 0.717) is 23.4 Å². The molecule has 1 aromatic carbocycles. The van der Waals surface area contributed by atoms with Gasteiger partial charge < -0.3 is 19.5 Å². The van der Waals surface area contributed by atoms with Crippen molar-refractivity contribution >= 4 is 17.6 Å². The lowest BCUT2D eigenvalue weighted by molar-refractivity contribution is -0.136. The molecule has 0 aromatic heterocycles. The number of hydrogen-bond donors (Lipinski definition) is 1. The number of nitrogens with one attached hydrogen (secondary N) is 1. The topological polar surface area (TPSA) is 73.9 Å². The third-order valence-electron chi connectivity index (χ3n) is 4.82. The van der Waals surface area contributed by atoms with Crippen LogP contribution in [0.5, 0.6) is 5.75 Å². The smallest absolute Gasteiger partial charge is 0.341 e. The van der Waals surface area contributed by atoms with Crippen LogP contribution in [0.3, 0.4) is 0 Å². The summed E-state index contributed by atoms with van der Waals surface area (Å²) >= 11 is 0. The van der Waals surface area contributed by atoms with Crippen molar-refractivity contribution in [1.29, 1.82) is 0 Å². The van der Waals surface area contributed by atoms with Gasteiger partial charge in [0.1, 0.15) is 16.9 Å². The fraction of sp³-hybridized carbons (Fsp3) is 0.636. The van der Waals surface area contributed by atoms with Crippen LogP contribution in [0.4, 0.5) is 5.69 Å². The van der Waals surface area contributed by atoms with Crippen LogP contribution in [0.2, 0.25) is 0 Å². The Morgan fingerprint density at radius 2 is 1.89 bits per heavy atom. The molecule has 1 rings (SSSR count). The van der Waals surface area contributed by atoms with Crippen molar-refractivity contribution < 1.29 is 23.8 Å². The van der Waals surface area contributed by atoms with Crippen molar-refractivity contribution in [3.63, 3.8) is 0 Å². The summed E-state index contributed by atoms with van der Waals surface area (Å²) in [5.41, 5.74) is -0.126. The summed E-state index contributed by atoms with van der Waals surface area (Å²) in [5, 5.41) is 2.87. The summed E-state index contributed by atoms with van der Waals surface area (Å²) in [6.07, 6.45) is 4.42. The van der Waals surface area contributed by atoms with E-state index >= 15 is 0 Å². The first-order valence-corrected chi connectivity index (χ1v) is 10.2. The predicted octanol–water partition coefficient (Wildman–Crippen LogP) is 4.96. The van der Waals surface area contributed by atoms with Crippen LogP contribution in [-0.2, 0) is 14.3 Å². The van der Waals surface area contributed by atoms with Gasteiger partial charge in [-0.05, 0) is 51.8 Å². The van der Waals surface area contributed by atoms with Crippen LogP contribution < -0.4 is 10.1 Å². The molecule has 6 nitrogen and oxygen atoms in total. The van der Waals surface area contributed by atoms with Crippen molar-refractivity contribution in [3.8, 4) is 5.75 Å². The Balaban J connectivity index is 3.05. The van der Waals surface area contributed by atoms with Gasteiger partial charge in [-0.2, -0.15) is 0 Å². The van der Waals surface area contributed by atoms with Gasteiger partial charge in [0.2, 0.25) is 0 Å². The van der Waals surface area contributed by atoms with Crippen LogP contribution in [0.15, 0.2) is 18.2 Å². The number of carbonyl (C=O) groups excluding carboxylic acids is 2. The average Bonchev–Trinajstić information content (AvgIpc) is 2.69. The largest absolute Gasteiger partial charge is 0.490 e. The van der Waals surface area contributed by atoms with Crippen molar-refractivity contribution in [2.75, 3.05) is 19.0 Å². The predicted molar refractivity (Wildman–Crippen MR) is 111 cm³/mol. The highest BCUT2D eigenvalue weighted by molar-refractivity contribution is 5.99. The van der Waals surface area contributed by atoms with Gasteiger partial charge in [0.25, 0.3) is 5.91 Å². The van der Waals surface area contributed by atoms with E-state index in [-0.39, 0.29) is 18.6 Å². The number of hydrogen-bond acceptors (Lipinski definition) is 5. The number of anilines is 1. The van der Waals surface area contributed by atoms with Gasteiger partial charge in [0.05, 0.1) is 12.7 Å². The van der Waals surface area contributed by atoms with E-state index in [0.717, 1.165) is 25.7 Å². The molecule has 2 atom stereocenters. The third kappa shape index (κ3) is 6.82. The summed E-state index contributed by atoms with van der Waals surface area (Å²) in [7, 11) is 1.54. The molecule has 1 amide bonds. The zero-order valence-electron chi connectivity index (χ0n) is 18.1. The highest BCUT2D eigenvalue weighted by atomic mass is 16.5. The number of esters is 1. The van der Waals surface area contributed by atoms with E-state index in [4.69, 9.17) is 14.2 Å². The van der Waals surface area contributed by atoms with E-state index in [2.05, 4.69) is 12.2 Å². The number of amides is 1. The number of benzene rings is 1. The molecular weight excluding hydrogens is 358 g/mol. The van der Waals surface area contributed by atoms with E-state index in [9.17, 15) is 9.59 Å². The first-order chi connectivity index (χ1) is 13.3. The lowest BCUT2D eigenvalue weighted by Gasteiger charge is -2.27. The second-order valence-corrected chi connectivity index (χ2v) is 7.11. The molecule has 0 aliphatic rings. The molecule has 1 N–H and O–H groups in total. The first-order valence-electron chi connectivity index (χ1n) is 10.2. The van der Waals surface area contributed by atoms with Crippen LogP contribution in [0.1, 0.15) is 77.1 Å². The minimum Gasteiger partial charge on any atom is -0.490 e. The van der Waals surface area contributed by atoms with Gasteiger partial charge in [0.15, 0.2) is 0 Å². The number of unbranched alkanes of at least 4 members (excludes halogenated alkanes) is 2. The molecule has 0 saturated carbocycles. The Labute approximate surface area is 168 Å². The molecule has 0 unspecified atom stereocenters. The Kier molecular flexibility index (Phi) is 10.0. The minimum atomic E-state index is -0.925. The lowest BCUT2D eigenvalue weighted by Crippen LogP contribution is -2.42. The van der Waals surface area contributed by atoms with Gasteiger partial charge in [-0.1, -0.05) is 33.1 Å². The van der Waals surface area contributed by atoms with Crippen LogP contribution in [0.25, 0.3) is 0 Å². The van der Waals surface area contributed by atoms with E-state index in [1.807, 2.05) is 13.8 Å². The van der Waals surface area contributed by atoms with Gasteiger partial charge in [0, 0.05) is 12.8 Å². The zero-order chi connectivity index (χ0) is 21.2. The molecule has 0 heterocycles. The minimum absolute atomic E-state index is 0.0380. The standard InChI is InChI=1S/C22H35NO5/c1-7-10-11-14-22(5,26-6)21(25)23-17-12-13-19(28-16(4)8-2)18(15-17)20(24)27-9-3/h12-13,15-16H,7-11,14H2,1-6H3,(H,23,25)/t16-,22-/m0/s1. The number of rotatable bonds is 12. The fourth-order valence-corrected chi connectivity index (χ4v) is 2.66. The SMILES string of the molecule is CCCCC[C@](C)(OC)C(=O)Nc1ccc(O[C@@H](C)CC)c(C(=O)OCC)c1. The average molecular weight is 394 g/mol. The summed E-state index contributed by atoms with van der Waals surface area (Å²) < 4.78 is 16.5. The Bertz CT molecular complexity index is 646. The summed E-state index contributed by atoms with van der Waals surface area (Å²) in [6.45, 7) is 9.85. The summed E-state index contributed by atoms with van der Waals surface area (Å²) in [5.74, 6) is -0.269. The number of ether oxygens (including phenoxy) is 3. The monoisotopic (exact) mass is 393 g/mol. The molecule has 28 heavy (non-hydrogen) atoms. The van der Waals surface area contributed by atoms with Crippen LogP contribution in [0, 0.1) is 0 Å². The van der Waals surface area contributed by atoms with Crippen molar-refractivity contribution in [3.05, 3.63) is 23.8 Å². The van der Waals surface area contributed by atoms with Crippen LogP contribution >= 0.6 is 0 Å². The number of methoxy groups -OCH3 is 1. The summed E-state index contributed by atoms with van der Waals surface area (Å²) in [6, 6.07) is 5.01. The molecule has 0 fully saturated rings. The maximum absolute atomic E-state index is 12.8. The van der Waals surface area contributed by atoms with Crippen molar-refractivity contribution in [1.82, 2.24) is 0 Å². The molecular formula is C22H35NO5. The van der Waals surface area contributed by atoms with Gasteiger partial charge in [-0.3, -0.25) is 4.79 Å². The second-order valence-electron chi connectivity index (χ2n) is 7.11. The molecule has 158 valence electrons. The Hall–Kier alpha value is -2.08. The van der Waals surface area contributed by atoms with Gasteiger partial charge in [-0.25, -0.2) is 4.79 Å². The molecule has 1 aromatic rings. The highest BCUT2D eigenvalue weighted by Gasteiger charge is 2.32. The normalized spacial score (nSPS) is 14.1. The summed E-state index contributed by atoms with van der Waals surface area (Å²) in [4.78, 5) is 25.2. The zero-order valence-corrected chi connectivity index (χ0v) is 18.1. The molecule has 0 saturated heterocycles. The van der Waals surface area contributed by atoms with E-state index in [1.165, 1.54) is 0 Å². The van der Waals surface area contributed by atoms with Gasteiger partial charge in [-0.15, -0.1) is 0 Å². The number of carbonyl (C=O) groups is 2. The molecule has 0 spiro atoms. The molecule has 6 heteroatoms. The molecule has 0 bridgehead atoms. The Morgan fingerprint density at radius 3 is 2.46 bits per heavy atom. The van der Waals surface area contributed by atoms with E-state index < -0.39 is 11.6 Å². The van der Waals surface area contributed by atoms with Crippen molar-refractivity contribution in [2.45, 2.75) is 78.4 Å². The molecule has 0 aliphatic carbocycles. The molecule has 0 aliphatic heterocycles. The maximum Gasteiger partial charge on any atom is 0.341 e. The van der Waals surface area contributed by atoms with Crippen molar-refractivity contribution in [2.24, 2.45) is 0 Å². The van der Waals surface area contributed by atoms with Crippen LogP contribution in [-0.4, -0.2) is 37.3 Å². The first kappa shape index (κ1) is 24.0. The lowest BCUT2D eigenvalue weighted by atomic mass is 9.96. The highest BCUT2D eigenvalue weighted by Crippen LogP contribution is 2.27. The van der Waals surface area contributed by atoms with Gasteiger partial charge >= 0.3 is 5.97 Å². The Morgan fingerprint density at radius 1 is 1.18 bits per heavy atom. The van der Waals surface area contributed by atoms with E-state index in [1.54, 1.807) is 39.2 Å². The molecule has 0 radical (unpaired) electrons. The quantitative estimate of drug-likeness (QED) is 0.401. The fourth-order valence-electron chi connectivity index (χ4n) is 2.66. The third-order valence-corrected chi connectivity index (χ3v) is 4.82. The maximum atomic E-state index is 12.8. The second kappa shape index (κ2) is 11.7.